The summed E-state index contributed by atoms with van der Waals surface area (Å²) >= 11 is 0. The third kappa shape index (κ3) is 2.82. The van der Waals surface area contributed by atoms with E-state index in [0.29, 0.717) is 0 Å². The number of benzene rings is 1. The number of hydrogen-bond donors (Lipinski definition) is 2. The van der Waals surface area contributed by atoms with Crippen molar-refractivity contribution in [2.75, 3.05) is 12.4 Å². The number of nitrogens with two attached hydrogens (primary N) is 2. The molecular formula is C9H10F4N2. The molecule has 0 aromatic heterocycles. The maximum absolute atomic E-state index is 12.3. The molecule has 0 bridgehead atoms. The first kappa shape index (κ1) is 11.8. The number of rotatable bonds is 2. The van der Waals surface area contributed by atoms with Gasteiger partial charge in [-0.05, 0) is 23.8 Å². The molecule has 0 amide bonds. The highest BCUT2D eigenvalue weighted by Gasteiger charge is 2.31. The summed E-state index contributed by atoms with van der Waals surface area (Å²) in [5.41, 5.74) is 9.60. The first-order valence-corrected chi connectivity index (χ1v) is 4.14. The molecule has 4 N–H and O–H groups in total. The Bertz CT molecular complexity index is 348. The van der Waals surface area contributed by atoms with Gasteiger partial charge in [0.1, 0.15) is 6.67 Å². The third-order valence-corrected chi connectivity index (χ3v) is 1.90. The third-order valence-electron chi connectivity index (χ3n) is 1.90. The molecule has 1 atom stereocenters. The van der Waals surface area contributed by atoms with Crippen LogP contribution >= 0.6 is 0 Å². The lowest BCUT2D eigenvalue weighted by atomic mass is 10.0. The van der Waals surface area contributed by atoms with Crippen molar-refractivity contribution in [3.63, 3.8) is 0 Å². The summed E-state index contributed by atoms with van der Waals surface area (Å²) in [4.78, 5) is 0. The summed E-state index contributed by atoms with van der Waals surface area (Å²) in [5.74, 6) is 0. The molecule has 0 saturated carbocycles. The summed E-state index contributed by atoms with van der Waals surface area (Å²) in [6.07, 6.45) is -4.50. The van der Waals surface area contributed by atoms with E-state index in [-0.39, 0.29) is 11.3 Å². The van der Waals surface area contributed by atoms with Crippen LogP contribution in [0.3, 0.4) is 0 Å². The maximum Gasteiger partial charge on any atom is 0.416 e. The molecule has 1 aromatic carbocycles. The lowest BCUT2D eigenvalue weighted by Gasteiger charge is -2.13. The zero-order chi connectivity index (χ0) is 11.6. The monoisotopic (exact) mass is 222 g/mol. The molecule has 6 heteroatoms. The topological polar surface area (TPSA) is 52.0 Å². The lowest BCUT2D eigenvalue weighted by molar-refractivity contribution is -0.137. The largest absolute Gasteiger partial charge is 0.416 e. The van der Waals surface area contributed by atoms with Gasteiger partial charge >= 0.3 is 6.18 Å². The quantitative estimate of drug-likeness (QED) is 0.595. The van der Waals surface area contributed by atoms with Gasteiger partial charge in [0, 0.05) is 5.69 Å². The lowest BCUT2D eigenvalue weighted by Crippen LogP contribution is -2.14. The molecule has 15 heavy (non-hydrogen) atoms. The second-order valence-electron chi connectivity index (χ2n) is 3.15. The van der Waals surface area contributed by atoms with Gasteiger partial charge in [-0.3, -0.25) is 0 Å². The van der Waals surface area contributed by atoms with Gasteiger partial charge in [0.25, 0.3) is 0 Å². The molecule has 0 aliphatic carbocycles. The smallest absolute Gasteiger partial charge is 0.399 e. The second kappa shape index (κ2) is 4.06. The molecule has 0 aliphatic heterocycles. The second-order valence-corrected chi connectivity index (χ2v) is 3.15. The fraction of sp³-hybridized carbons (Fsp3) is 0.333. The van der Waals surface area contributed by atoms with E-state index in [4.69, 9.17) is 11.5 Å². The van der Waals surface area contributed by atoms with Crippen LogP contribution in [0.15, 0.2) is 18.2 Å². The van der Waals surface area contributed by atoms with Gasteiger partial charge in [-0.2, -0.15) is 13.2 Å². The summed E-state index contributed by atoms with van der Waals surface area (Å²) in [7, 11) is 0. The Labute approximate surface area is 83.9 Å². The van der Waals surface area contributed by atoms with Crippen LogP contribution < -0.4 is 11.5 Å². The zero-order valence-electron chi connectivity index (χ0n) is 7.68. The van der Waals surface area contributed by atoms with Crippen LogP contribution in [0.2, 0.25) is 0 Å². The van der Waals surface area contributed by atoms with Gasteiger partial charge in [0.2, 0.25) is 0 Å². The Morgan fingerprint density at radius 2 is 1.80 bits per heavy atom. The van der Waals surface area contributed by atoms with Crippen molar-refractivity contribution in [3.8, 4) is 0 Å². The molecule has 0 heterocycles. The Hall–Kier alpha value is -1.30. The predicted molar refractivity (Wildman–Crippen MR) is 48.8 cm³/mol. The molecular weight excluding hydrogens is 212 g/mol. The van der Waals surface area contributed by atoms with Crippen molar-refractivity contribution < 1.29 is 17.6 Å². The Balaban J connectivity index is 3.17. The minimum atomic E-state index is -4.50. The van der Waals surface area contributed by atoms with Crippen LogP contribution in [0, 0.1) is 0 Å². The highest BCUT2D eigenvalue weighted by atomic mass is 19.4. The summed E-state index contributed by atoms with van der Waals surface area (Å²) in [6, 6.07) is 1.75. The number of hydrogen-bond acceptors (Lipinski definition) is 2. The van der Waals surface area contributed by atoms with Crippen molar-refractivity contribution in [3.05, 3.63) is 29.3 Å². The predicted octanol–water partition coefficient (Wildman–Crippen LogP) is 2.26. The van der Waals surface area contributed by atoms with Gasteiger partial charge in [0.15, 0.2) is 0 Å². The van der Waals surface area contributed by atoms with Crippen LogP contribution in [0.1, 0.15) is 17.2 Å². The average molecular weight is 222 g/mol. The van der Waals surface area contributed by atoms with Gasteiger partial charge in [-0.25, -0.2) is 4.39 Å². The zero-order valence-corrected chi connectivity index (χ0v) is 7.68. The molecule has 0 unspecified atom stereocenters. The minimum absolute atomic E-state index is 0.0461. The summed E-state index contributed by atoms with van der Waals surface area (Å²) < 4.78 is 49.2. The Morgan fingerprint density at radius 1 is 1.20 bits per heavy atom. The summed E-state index contributed by atoms with van der Waals surface area (Å²) in [5, 5.41) is 0. The van der Waals surface area contributed by atoms with E-state index in [2.05, 4.69) is 0 Å². The van der Waals surface area contributed by atoms with E-state index in [0.717, 1.165) is 12.1 Å². The van der Waals surface area contributed by atoms with Gasteiger partial charge in [-0.1, -0.05) is 0 Å². The number of nitrogen functional groups attached to an aromatic ring is 1. The standard InChI is InChI=1S/C9H10F4N2/c10-4-8(15)5-1-6(9(11,12)13)3-7(14)2-5/h1-3,8H,4,14-15H2/t8-/m1/s1. The molecule has 2 nitrogen and oxygen atoms in total. The average Bonchev–Trinajstić information content (AvgIpc) is 2.14. The highest BCUT2D eigenvalue weighted by molar-refractivity contribution is 5.46. The van der Waals surface area contributed by atoms with E-state index in [1.54, 1.807) is 0 Å². The van der Waals surface area contributed by atoms with E-state index in [9.17, 15) is 17.6 Å². The normalized spacial score (nSPS) is 13.9. The van der Waals surface area contributed by atoms with Crippen LogP contribution in [-0.4, -0.2) is 6.67 Å². The van der Waals surface area contributed by atoms with Crippen LogP contribution in [-0.2, 0) is 6.18 Å². The van der Waals surface area contributed by atoms with Crippen molar-refractivity contribution in [1.29, 1.82) is 0 Å². The van der Waals surface area contributed by atoms with Crippen molar-refractivity contribution >= 4 is 5.69 Å². The van der Waals surface area contributed by atoms with Gasteiger partial charge in [0.05, 0.1) is 11.6 Å². The fourth-order valence-electron chi connectivity index (χ4n) is 1.14. The Kier molecular flexibility index (Phi) is 3.18. The molecule has 0 saturated heterocycles. The van der Waals surface area contributed by atoms with Gasteiger partial charge < -0.3 is 11.5 Å². The first-order valence-electron chi connectivity index (χ1n) is 4.14. The molecule has 0 radical (unpaired) electrons. The van der Waals surface area contributed by atoms with E-state index in [1.165, 1.54) is 6.07 Å². The van der Waals surface area contributed by atoms with Crippen LogP contribution in [0.4, 0.5) is 23.2 Å². The minimum Gasteiger partial charge on any atom is -0.399 e. The number of anilines is 1. The number of alkyl halides is 4. The fourth-order valence-corrected chi connectivity index (χ4v) is 1.14. The van der Waals surface area contributed by atoms with E-state index in [1.807, 2.05) is 0 Å². The summed E-state index contributed by atoms with van der Waals surface area (Å²) in [6.45, 7) is -0.930. The molecule has 1 aromatic rings. The molecule has 0 aliphatic rings. The maximum atomic E-state index is 12.3. The molecule has 84 valence electrons. The Morgan fingerprint density at radius 3 is 2.27 bits per heavy atom. The van der Waals surface area contributed by atoms with Crippen molar-refractivity contribution in [1.82, 2.24) is 0 Å². The van der Waals surface area contributed by atoms with E-state index < -0.39 is 24.5 Å². The van der Waals surface area contributed by atoms with Crippen molar-refractivity contribution in [2.45, 2.75) is 12.2 Å². The SMILES string of the molecule is Nc1cc([C@H](N)CF)cc(C(F)(F)F)c1. The number of halogens is 4. The molecule has 0 fully saturated rings. The van der Waals surface area contributed by atoms with Crippen LogP contribution in [0.5, 0.6) is 0 Å². The molecule has 0 spiro atoms. The van der Waals surface area contributed by atoms with Gasteiger partial charge in [-0.15, -0.1) is 0 Å². The van der Waals surface area contributed by atoms with E-state index >= 15 is 0 Å². The van der Waals surface area contributed by atoms with Crippen molar-refractivity contribution in [2.24, 2.45) is 5.73 Å². The van der Waals surface area contributed by atoms with Crippen LogP contribution in [0.25, 0.3) is 0 Å². The first-order chi connectivity index (χ1) is 6.84. The molecule has 1 rings (SSSR count). The highest BCUT2D eigenvalue weighted by Crippen LogP contribution is 2.32.